The van der Waals surface area contributed by atoms with Gasteiger partial charge in [-0.2, -0.15) is 11.3 Å². The molecule has 0 aliphatic carbocycles. The molecular formula is C19H23N3O2S. The highest BCUT2D eigenvalue weighted by Crippen LogP contribution is 2.37. The fourth-order valence-corrected chi connectivity index (χ4v) is 4.66. The number of aromatic nitrogens is 1. The van der Waals surface area contributed by atoms with Crippen molar-refractivity contribution >= 4 is 22.9 Å². The molecule has 25 heavy (non-hydrogen) atoms. The number of carbonyl (C=O) groups excluding carboxylic acids is 1. The zero-order valence-electron chi connectivity index (χ0n) is 14.4. The third kappa shape index (κ3) is 3.21. The van der Waals surface area contributed by atoms with Crippen LogP contribution in [0.3, 0.4) is 0 Å². The second-order valence-corrected chi connectivity index (χ2v) is 7.69. The number of thiophene rings is 1. The van der Waals surface area contributed by atoms with Gasteiger partial charge >= 0.3 is 0 Å². The van der Waals surface area contributed by atoms with Gasteiger partial charge in [-0.05, 0) is 54.3 Å². The van der Waals surface area contributed by atoms with Crippen molar-refractivity contribution in [2.75, 3.05) is 24.6 Å². The summed E-state index contributed by atoms with van der Waals surface area (Å²) in [5.74, 6) is 0.0202. The Kier molecular flexibility index (Phi) is 4.58. The van der Waals surface area contributed by atoms with E-state index in [1.165, 1.54) is 5.56 Å². The molecule has 2 saturated heterocycles. The van der Waals surface area contributed by atoms with Crippen LogP contribution in [0.1, 0.15) is 25.3 Å². The van der Waals surface area contributed by atoms with Crippen molar-refractivity contribution in [1.82, 2.24) is 9.88 Å². The lowest BCUT2D eigenvalue weighted by Gasteiger charge is -2.51. The van der Waals surface area contributed by atoms with Gasteiger partial charge in [0.05, 0.1) is 23.5 Å². The van der Waals surface area contributed by atoms with Crippen LogP contribution in [-0.4, -0.2) is 47.1 Å². The molecule has 1 atom stereocenters. The predicted molar refractivity (Wildman–Crippen MR) is 98.7 cm³/mol. The van der Waals surface area contributed by atoms with Gasteiger partial charge in [0, 0.05) is 25.8 Å². The summed E-state index contributed by atoms with van der Waals surface area (Å²) in [6, 6.07) is 6.03. The number of nitrogens with zero attached hydrogens (tertiary/aromatic N) is 3. The molecule has 0 unspecified atom stereocenters. The van der Waals surface area contributed by atoms with Crippen LogP contribution in [0.25, 0.3) is 0 Å². The first-order valence-corrected chi connectivity index (χ1v) is 9.72. The van der Waals surface area contributed by atoms with Gasteiger partial charge in [-0.25, -0.2) is 0 Å². The lowest BCUT2D eigenvalue weighted by molar-refractivity contribution is -0.152. The van der Waals surface area contributed by atoms with Crippen LogP contribution in [-0.2, 0) is 16.1 Å². The van der Waals surface area contributed by atoms with E-state index in [1.54, 1.807) is 23.7 Å². The molecule has 0 aromatic carbocycles. The summed E-state index contributed by atoms with van der Waals surface area (Å²) in [6.07, 6.45) is 5.39. The first-order chi connectivity index (χ1) is 12.2. The van der Waals surface area contributed by atoms with E-state index in [-0.39, 0.29) is 24.2 Å². The maximum atomic E-state index is 12.5. The molecule has 1 spiro atoms. The molecule has 2 aliphatic heterocycles. The van der Waals surface area contributed by atoms with Crippen molar-refractivity contribution in [3.8, 4) is 0 Å². The van der Waals surface area contributed by atoms with E-state index in [4.69, 9.17) is 4.74 Å². The van der Waals surface area contributed by atoms with E-state index in [0.717, 1.165) is 38.2 Å². The Labute approximate surface area is 152 Å². The number of likely N-dealkylation sites (tertiary alicyclic amines) is 1. The Bertz CT molecular complexity index is 712. The molecule has 2 aromatic heterocycles. The van der Waals surface area contributed by atoms with Gasteiger partial charge in [0.15, 0.2) is 0 Å². The van der Waals surface area contributed by atoms with Gasteiger partial charge in [0.2, 0.25) is 0 Å². The van der Waals surface area contributed by atoms with Crippen LogP contribution >= 0.6 is 11.3 Å². The highest BCUT2D eigenvalue weighted by atomic mass is 32.1. The number of anilines is 1. The first kappa shape index (κ1) is 16.7. The summed E-state index contributed by atoms with van der Waals surface area (Å²) in [4.78, 5) is 21.0. The fraction of sp³-hybridized carbons (Fsp3) is 0.474. The molecule has 2 aromatic rings. The molecule has 0 bridgehead atoms. The molecule has 5 nitrogen and oxygen atoms in total. The largest absolute Gasteiger partial charge is 0.363 e. The normalized spacial score (nSPS) is 24.0. The summed E-state index contributed by atoms with van der Waals surface area (Å²) in [5.41, 5.74) is 1.99. The number of carbonyl (C=O) groups is 1. The second-order valence-electron chi connectivity index (χ2n) is 6.91. The lowest BCUT2D eigenvalue weighted by Crippen LogP contribution is -2.64. The van der Waals surface area contributed by atoms with E-state index < -0.39 is 0 Å². The molecule has 4 heterocycles. The summed E-state index contributed by atoms with van der Waals surface area (Å²) < 4.78 is 6.13. The summed E-state index contributed by atoms with van der Waals surface area (Å²) in [5, 5.41) is 4.34. The predicted octanol–water partition coefficient (Wildman–Crippen LogP) is 2.93. The van der Waals surface area contributed by atoms with Gasteiger partial charge in [-0.1, -0.05) is 0 Å². The highest BCUT2D eigenvalue weighted by molar-refractivity contribution is 7.07. The van der Waals surface area contributed by atoms with Crippen LogP contribution in [0.15, 0.2) is 41.4 Å². The average Bonchev–Trinajstić information content (AvgIpc) is 3.15. The maximum Gasteiger partial charge on any atom is 0.253 e. The highest BCUT2D eigenvalue weighted by Gasteiger charge is 2.48. The SMILES string of the molecule is C[C@H]1N(c2cccnc2)C(=O)COC12CCN(Cc1ccsc1)CC2. The molecule has 0 radical (unpaired) electrons. The number of amides is 1. The number of ether oxygens (including phenoxy) is 1. The van der Waals surface area contributed by atoms with E-state index in [0.29, 0.717) is 0 Å². The van der Waals surface area contributed by atoms with Crippen molar-refractivity contribution in [2.24, 2.45) is 0 Å². The number of rotatable bonds is 3. The number of hydrogen-bond donors (Lipinski definition) is 0. The van der Waals surface area contributed by atoms with E-state index in [1.807, 2.05) is 17.0 Å². The summed E-state index contributed by atoms with van der Waals surface area (Å²) in [7, 11) is 0. The standard InChI is InChI=1S/C19H23N3O2S/c1-15-19(5-8-21(9-6-19)12-16-4-10-25-14-16)24-13-18(23)22(15)17-3-2-7-20-11-17/h2-4,7,10-11,14-15H,5-6,8-9,12-13H2,1H3/t15-/m1/s1. The molecule has 0 saturated carbocycles. The minimum absolute atomic E-state index is 0.0150. The Hall–Kier alpha value is -1.76. The number of piperidine rings is 1. The molecule has 4 rings (SSSR count). The molecule has 1 amide bonds. The number of morpholine rings is 1. The molecule has 6 heteroatoms. The van der Waals surface area contributed by atoms with Crippen molar-refractivity contribution < 1.29 is 9.53 Å². The van der Waals surface area contributed by atoms with Gasteiger partial charge < -0.3 is 9.64 Å². The minimum Gasteiger partial charge on any atom is -0.363 e. The quantitative estimate of drug-likeness (QED) is 0.847. The maximum absolute atomic E-state index is 12.5. The Morgan fingerprint density at radius 2 is 2.20 bits per heavy atom. The van der Waals surface area contributed by atoms with Crippen molar-refractivity contribution in [1.29, 1.82) is 0 Å². The fourth-order valence-electron chi connectivity index (χ4n) is 4.00. The average molecular weight is 357 g/mol. The molecule has 2 aliphatic rings. The van der Waals surface area contributed by atoms with Crippen LogP contribution in [0.4, 0.5) is 5.69 Å². The van der Waals surface area contributed by atoms with Crippen molar-refractivity contribution in [3.63, 3.8) is 0 Å². The van der Waals surface area contributed by atoms with Crippen LogP contribution in [0.2, 0.25) is 0 Å². The second kappa shape index (κ2) is 6.86. The van der Waals surface area contributed by atoms with E-state index >= 15 is 0 Å². The lowest BCUT2D eigenvalue weighted by atomic mass is 9.82. The molecule has 132 valence electrons. The van der Waals surface area contributed by atoms with Crippen LogP contribution in [0.5, 0.6) is 0 Å². The zero-order chi connectivity index (χ0) is 17.3. The number of pyridine rings is 1. The third-order valence-electron chi connectivity index (χ3n) is 5.51. The van der Waals surface area contributed by atoms with E-state index in [2.05, 4.69) is 33.6 Å². The summed E-state index contributed by atoms with van der Waals surface area (Å²) >= 11 is 1.75. The Morgan fingerprint density at radius 3 is 2.88 bits per heavy atom. The smallest absolute Gasteiger partial charge is 0.253 e. The van der Waals surface area contributed by atoms with Gasteiger partial charge in [-0.15, -0.1) is 0 Å². The monoisotopic (exact) mass is 357 g/mol. The Morgan fingerprint density at radius 1 is 1.36 bits per heavy atom. The molecular weight excluding hydrogens is 334 g/mol. The molecule has 0 N–H and O–H groups in total. The van der Waals surface area contributed by atoms with Gasteiger partial charge in [0.25, 0.3) is 5.91 Å². The van der Waals surface area contributed by atoms with Crippen molar-refractivity contribution in [2.45, 2.75) is 38.0 Å². The Balaban J connectivity index is 1.48. The van der Waals surface area contributed by atoms with Gasteiger partial charge in [-0.3, -0.25) is 14.7 Å². The van der Waals surface area contributed by atoms with Crippen molar-refractivity contribution in [3.05, 3.63) is 46.9 Å². The topological polar surface area (TPSA) is 45.7 Å². The third-order valence-corrected chi connectivity index (χ3v) is 6.25. The first-order valence-electron chi connectivity index (χ1n) is 8.77. The number of hydrogen-bond acceptors (Lipinski definition) is 5. The van der Waals surface area contributed by atoms with E-state index in [9.17, 15) is 4.79 Å². The van der Waals surface area contributed by atoms with Gasteiger partial charge in [0.1, 0.15) is 6.61 Å². The molecule has 2 fully saturated rings. The summed E-state index contributed by atoms with van der Waals surface area (Å²) in [6.45, 7) is 5.26. The van der Waals surface area contributed by atoms with Crippen LogP contribution < -0.4 is 4.90 Å². The zero-order valence-corrected chi connectivity index (χ0v) is 15.2. The minimum atomic E-state index is -0.255. The van der Waals surface area contributed by atoms with Crippen LogP contribution in [0, 0.1) is 0 Å².